The summed E-state index contributed by atoms with van der Waals surface area (Å²) in [6.07, 6.45) is 8.48. The number of carboxylic acids is 1. The van der Waals surface area contributed by atoms with Crippen molar-refractivity contribution in [3.63, 3.8) is 0 Å². The van der Waals surface area contributed by atoms with Gasteiger partial charge in [-0.2, -0.15) is 0 Å². The van der Waals surface area contributed by atoms with Crippen LogP contribution in [0.2, 0.25) is 0 Å². The highest BCUT2D eigenvalue weighted by molar-refractivity contribution is 7.58. The molecule has 129 heavy (non-hydrogen) atoms. The first-order valence-electron chi connectivity index (χ1n) is 42.8. The van der Waals surface area contributed by atoms with Crippen molar-refractivity contribution in [1.82, 2.24) is 45.2 Å². The SMILES string of the molecule is CC(C)N(C)C(CCN1OCCC1=O)c1ccc(F)cc1.CC(CCN1OCCCC1=O)P(C)(=O)O.CC1CON(CC(=O)CP(=O)(O)O)C1=O.CCCCC(CCN1OCC(C)C1=O)P(=O)(O)O.CN(C)C(CCC(=O)O)CCN1OCCC1=O.COc1ccc(C(CCN2OCCC2=O)P(=O)(O)O)cc1.COc1ccc(C(CCN2OCCCC2=O)P(C)(=O)O)cc1. The second-order valence-corrected chi connectivity index (χ2v) is 43.2. The Morgan fingerprint density at radius 1 is 0.481 bits per heavy atom. The highest BCUT2D eigenvalue weighted by Gasteiger charge is 2.38. The Morgan fingerprint density at radius 3 is 1.23 bits per heavy atom. The van der Waals surface area contributed by atoms with E-state index in [1.807, 2.05) is 45.1 Å². The number of carbonyl (C=O) groups is 9. The number of unbranched alkanes of at least 4 members (excludes halogenated alkanes) is 1. The molecule has 0 bridgehead atoms. The standard InChI is InChI=1S/C16H23FN2O2.C15H22NO5P.C13H18NO6P.C11H20N2O4.C11H22NO5P.C9H18NO4P.C7H12NO6P/c1-12(2)18(3)15(13-4-6-14(17)7-5-13)8-10-19-16(20)9-11-21-19;1-20-13-7-5-12(6-8-13)14(22(2,18)19)9-10-16-15(17)4-3-11-21-16;1-19-11-4-2-10(3-5-11)12(21(16,17)18)6-8-14-13(15)7-9-20-14;1-12(2)9(3-4-11(15)16)5-7-13-10(14)6-8-17-13;1-3-4-5-10(18(14,15)16)6-7-12-11(13)9(2)8-17-12;1-8(15(2,12)13)5-6-10-9(11)4-3-7-14-10;1-5-3-14-8(7(5)10)2-6(9)4-15(11,12)13/h4-7,12,15H,8-11H2,1-3H3;5-8,14H,3-4,9-11H2,1-2H3,(H,18,19);2-5,12H,6-9H2,1H3,(H2,16,17,18);9H,3-8H2,1-2H3,(H,15,16);9-10H,3-8H2,1-2H3,(H2,14,15,16);8H,3-7H2,1-2H3,(H,12,13);5H,2-4H2,1H3,(H2,11,12,13). The molecular formula is C82H135FN9O32P5. The number of ether oxygens (including phenoxy) is 2. The van der Waals surface area contributed by atoms with E-state index in [-0.39, 0.29) is 116 Å². The number of hydrogen-bond donors (Lipinski definition) is 9. The second kappa shape index (κ2) is 56.3. The van der Waals surface area contributed by atoms with Gasteiger partial charge in [0, 0.05) is 82.6 Å². The molecule has 0 spiro atoms. The quantitative estimate of drug-likeness (QED) is 0.0240. The Bertz CT molecular complexity index is 4250. The molecule has 0 aliphatic carbocycles. The maximum atomic E-state index is 13.1. The van der Waals surface area contributed by atoms with Gasteiger partial charge in [0.05, 0.1) is 122 Å². The minimum atomic E-state index is -4.36. The zero-order chi connectivity index (χ0) is 96.7. The smallest absolute Gasteiger partial charge is 0.333 e. The van der Waals surface area contributed by atoms with Crippen LogP contribution in [0.1, 0.15) is 191 Å². The molecule has 9 N–H and O–H groups in total. The summed E-state index contributed by atoms with van der Waals surface area (Å²) in [6, 6.07) is 20.9. The Labute approximate surface area is 753 Å². The van der Waals surface area contributed by atoms with Crippen LogP contribution in [-0.4, -0.2) is 313 Å². The summed E-state index contributed by atoms with van der Waals surface area (Å²) in [5, 5.41) is 17.4. The summed E-state index contributed by atoms with van der Waals surface area (Å²) < 4.78 is 80.2. The van der Waals surface area contributed by atoms with Crippen molar-refractivity contribution in [3.05, 3.63) is 95.3 Å². The molecular weight excluding hydrogens is 1800 g/mol. The molecule has 0 radical (unpaired) electrons. The number of ketones is 1. The summed E-state index contributed by atoms with van der Waals surface area (Å²) in [5.41, 5.74) is -0.147. The van der Waals surface area contributed by atoms with Crippen LogP contribution in [0.3, 0.4) is 0 Å². The lowest BCUT2D eigenvalue weighted by molar-refractivity contribution is -0.198. The van der Waals surface area contributed by atoms with Gasteiger partial charge in [-0.05, 0) is 152 Å². The predicted octanol–water partition coefficient (Wildman–Crippen LogP) is 9.03. The number of halogens is 1. The molecule has 7 aliphatic heterocycles. The zero-order valence-corrected chi connectivity index (χ0v) is 80.5. The van der Waals surface area contributed by atoms with E-state index < -0.39 is 79.0 Å². The molecule has 7 fully saturated rings. The van der Waals surface area contributed by atoms with Crippen molar-refractivity contribution in [1.29, 1.82) is 0 Å². The monoisotopic (exact) mass is 1930 g/mol. The van der Waals surface area contributed by atoms with E-state index in [1.165, 1.54) is 63.0 Å². The van der Waals surface area contributed by atoms with E-state index in [4.69, 9.17) is 58.2 Å². The fourth-order valence-electron chi connectivity index (χ4n) is 13.5. The van der Waals surface area contributed by atoms with E-state index in [9.17, 15) is 99.7 Å². The first-order chi connectivity index (χ1) is 60.4. The van der Waals surface area contributed by atoms with Crippen molar-refractivity contribution in [3.8, 4) is 11.5 Å². The second-order valence-electron chi connectivity index (χ2n) is 32.6. The van der Waals surface area contributed by atoms with Gasteiger partial charge in [-0.3, -0.25) is 105 Å². The van der Waals surface area contributed by atoms with Gasteiger partial charge in [0.25, 0.3) is 11.8 Å². The van der Waals surface area contributed by atoms with Gasteiger partial charge in [-0.1, -0.05) is 76.9 Å². The summed E-state index contributed by atoms with van der Waals surface area (Å²) in [4.78, 5) is 216. The summed E-state index contributed by atoms with van der Waals surface area (Å²) in [7, 11) is -10.2. The average molecular weight is 1930 g/mol. The van der Waals surface area contributed by atoms with Crippen LogP contribution in [-0.2, 0) is 99.8 Å². The lowest BCUT2D eigenvalue weighted by Crippen LogP contribution is -2.37. The van der Waals surface area contributed by atoms with Gasteiger partial charge < -0.3 is 58.6 Å². The number of amides is 7. The predicted molar refractivity (Wildman–Crippen MR) is 470 cm³/mol. The highest BCUT2D eigenvalue weighted by atomic mass is 31.2. The van der Waals surface area contributed by atoms with E-state index >= 15 is 0 Å². The molecule has 47 heteroatoms. The largest absolute Gasteiger partial charge is 0.497 e. The lowest BCUT2D eigenvalue weighted by atomic mass is 10.0. The summed E-state index contributed by atoms with van der Waals surface area (Å²) in [6.45, 7) is 18.7. The lowest BCUT2D eigenvalue weighted by Gasteiger charge is -2.32. The minimum absolute atomic E-state index is 0.0146. The summed E-state index contributed by atoms with van der Waals surface area (Å²) >= 11 is 0. The van der Waals surface area contributed by atoms with Crippen LogP contribution in [0, 0.1) is 17.7 Å². The third-order valence-corrected chi connectivity index (χ3v) is 28.9. The molecule has 41 nitrogen and oxygen atoms in total. The van der Waals surface area contributed by atoms with Gasteiger partial charge in [-0.25, -0.2) is 39.8 Å². The first kappa shape index (κ1) is 114. The molecule has 10 atom stereocenters. The minimum Gasteiger partial charge on any atom is -0.497 e. The van der Waals surface area contributed by atoms with Gasteiger partial charge >= 0.3 is 28.8 Å². The van der Waals surface area contributed by atoms with E-state index in [1.54, 1.807) is 76.4 Å². The number of hydroxylamine groups is 14. The van der Waals surface area contributed by atoms with Crippen LogP contribution < -0.4 is 9.47 Å². The molecule has 0 saturated carbocycles. The molecule has 3 aromatic carbocycles. The normalized spacial score (nSPS) is 19.7. The molecule has 10 unspecified atom stereocenters. The molecule has 0 aromatic heterocycles. The number of benzene rings is 3. The third kappa shape index (κ3) is 42.5. The van der Waals surface area contributed by atoms with Crippen molar-refractivity contribution >= 4 is 90.6 Å². The zero-order valence-electron chi connectivity index (χ0n) is 76.0. The third-order valence-electron chi connectivity index (χ3n) is 21.7. The number of carbonyl (C=O) groups excluding carboxylic acids is 8. The number of methoxy groups -OCH3 is 2. The van der Waals surface area contributed by atoms with Gasteiger partial charge in [-0.15, -0.1) is 0 Å². The molecule has 7 aliphatic rings. The van der Waals surface area contributed by atoms with Crippen LogP contribution in [0.15, 0.2) is 72.8 Å². The van der Waals surface area contributed by atoms with Crippen LogP contribution in [0.5, 0.6) is 11.5 Å². The van der Waals surface area contributed by atoms with Gasteiger partial charge in [0.1, 0.15) is 30.0 Å². The van der Waals surface area contributed by atoms with Gasteiger partial charge in [0.15, 0.2) is 13.2 Å². The maximum absolute atomic E-state index is 13.1. The Hall–Kier alpha value is -6.91. The topological polar surface area (TPSA) is 533 Å². The maximum Gasteiger partial charge on any atom is 0.333 e. The molecule has 10 rings (SSSR count). The first-order valence-corrected chi connectivity index (χ1v) is 52.3. The number of nitrogens with zero attached hydrogens (tertiary/aromatic N) is 9. The van der Waals surface area contributed by atoms with E-state index in [0.717, 1.165) is 54.7 Å². The Morgan fingerprint density at radius 2 is 0.876 bits per heavy atom. The molecule has 7 amide bonds. The van der Waals surface area contributed by atoms with Crippen molar-refractivity contribution < 1.29 is 158 Å². The Kier molecular flexibility index (Phi) is 49.9. The number of hydrogen-bond acceptors (Lipinski definition) is 25. The van der Waals surface area contributed by atoms with Crippen LogP contribution >= 0.6 is 37.5 Å². The van der Waals surface area contributed by atoms with Gasteiger partial charge in [0.2, 0.25) is 36.9 Å². The number of Topliss-reactive ketones (excluding diaryl/α,β-unsaturated/α-hetero) is 1. The number of aliphatic carboxylic acids is 1. The van der Waals surface area contributed by atoms with Crippen molar-refractivity contribution in [2.75, 3.05) is 147 Å². The van der Waals surface area contributed by atoms with Crippen molar-refractivity contribution in [2.45, 2.75) is 198 Å². The van der Waals surface area contributed by atoms with E-state index in [0.29, 0.717) is 147 Å². The number of rotatable bonds is 40. The van der Waals surface area contributed by atoms with Crippen molar-refractivity contribution in [2.24, 2.45) is 11.8 Å². The molecule has 3 aromatic rings. The fraction of sp³-hybridized carbons (Fsp3) is 0.671. The van der Waals surface area contributed by atoms with E-state index in [2.05, 4.69) is 18.7 Å². The molecule has 7 saturated heterocycles. The number of carboxylic acid groups (broad SMARTS) is 1. The molecule has 7 heterocycles. The molecule has 732 valence electrons. The highest BCUT2D eigenvalue weighted by Crippen LogP contribution is 2.56. The summed E-state index contributed by atoms with van der Waals surface area (Å²) in [5.74, 6) is -1.54. The fourth-order valence-corrected chi connectivity index (χ4v) is 18.0. The Balaban J connectivity index is 0.000000317. The average Bonchev–Trinajstić information content (AvgIpc) is 0.998. The van der Waals surface area contributed by atoms with Crippen LogP contribution in [0.4, 0.5) is 4.39 Å². The van der Waals surface area contributed by atoms with Crippen LogP contribution in [0.25, 0.3) is 0 Å².